The molecule has 0 aromatic heterocycles. The van der Waals surface area contributed by atoms with E-state index in [9.17, 15) is 9.59 Å². The van der Waals surface area contributed by atoms with Crippen molar-refractivity contribution >= 4 is 11.6 Å². The molecule has 4 heteroatoms. The Labute approximate surface area is 115 Å². The average molecular weight is 260 g/mol. The fourth-order valence-corrected chi connectivity index (χ4v) is 2.05. The summed E-state index contributed by atoms with van der Waals surface area (Å²) in [5.74, 6) is -0.128. The lowest BCUT2D eigenvalue weighted by molar-refractivity contribution is 0.0979. The lowest BCUT2D eigenvalue weighted by Crippen LogP contribution is -2.20. The lowest BCUT2D eigenvalue weighted by Gasteiger charge is -2.16. The van der Waals surface area contributed by atoms with Crippen LogP contribution in [0.5, 0.6) is 0 Å². The molecule has 0 radical (unpaired) electrons. The number of hydrogen-bond acceptors (Lipinski definition) is 4. The Bertz CT molecular complexity index is 662. The van der Waals surface area contributed by atoms with Gasteiger partial charge in [0.25, 0.3) is 0 Å². The maximum absolute atomic E-state index is 12.1. The zero-order valence-electron chi connectivity index (χ0n) is 10.3. The van der Waals surface area contributed by atoms with Crippen LogP contribution in [0.25, 0.3) is 0 Å². The van der Waals surface area contributed by atoms with E-state index in [0.717, 1.165) is 0 Å². The summed E-state index contributed by atoms with van der Waals surface area (Å²) in [6.45, 7) is 0. The van der Waals surface area contributed by atoms with Crippen LogP contribution in [-0.4, -0.2) is 11.6 Å². The number of fused-ring (bicyclic) bond motifs is 2. The van der Waals surface area contributed by atoms with Crippen LogP contribution in [0.4, 0.5) is 0 Å². The van der Waals surface area contributed by atoms with Crippen molar-refractivity contribution in [1.29, 1.82) is 10.5 Å². The lowest BCUT2D eigenvalue weighted by atomic mass is 9.84. The molecule has 2 aromatic carbocycles. The van der Waals surface area contributed by atoms with Crippen LogP contribution in [0.1, 0.15) is 31.8 Å². The van der Waals surface area contributed by atoms with Gasteiger partial charge in [0.2, 0.25) is 0 Å². The minimum Gasteiger partial charge on any atom is -0.289 e. The molecule has 0 saturated carbocycles. The molecule has 0 bridgehead atoms. The second-order valence-corrected chi connectivity index (χ2v) is 3.97. The monoisotopic (exact) mass is 260 g/mol. The Hall–Kier alpha value is -3.24. The van der Waals surface area contributed by atoms with Crippen molar-refractivity contribution < 1.29 is 9.59 Å². The van der Waals surface area contributed by atoms with Crippen LogP contribution in [0.3, 0.4) is 0 Å². The normalized spacial score (nSPS) is 11.1. The predicted octanol–water partition coefficient (Wildman–Crippen LogP) is 2.50. The number of carbonyl (C=O) groups is 2. The third-order valence-corrected chi connectivity index (χ3v) is 2.88. The summed E-state index contributed by atoms with van der Waals surface area (Å²) in [6.07, 6.45) is 0. The van der Waals surface area contributed by atoms with Crippen molar-refractivity contribution in [2.75, 3.05) is 0 Å². The molecule has 0 unspecified atom stereocenters. The Kier molecular flexibility index (Phi) is 3.70. The third-order valence-electron chi connectivity index (χ3n) is 2.88. The van der Waals surface area contributed by atoms with Gasteiger partial charge in [-0.2, -0.15) is 10.5 Å². The molecule has 4 nitrogen and oxygen atoms in total. The minimum absolute atomic E-state index is 0.0641. The second kappa shape index (κ2) is 5.60. The van der Waals surface area contributed by atoms with Crippen LogP contribution in [0.15, 0.2) is 48.5 Å². The Balaban J connectivity index is 0.000000328. The molecule has 94 valence electrons. The Morgan fingerprint density at radius 2 is 0.850 bits per heavy atom. The summed E-state index contributed by atoms with van der Waals surface area (Å²) < 4.78 is 0. The van der Waals surface area contributed by atoms with E-state index in [2.05, 4.69) is 0 Å². The Morgan fingerprint density at radius 3 is 1.05 bits per heavy atom. The summed E-state index contributed by atoms with van der Waals surface area (Å²) in [4.78, 5) is 24.2. The first-order valence-corrected chi connectivity index (χ1v) is 5.76. The maximum Gasteiger partial charge on any atom is 0.194 e. The van der Waals surface area contributed by atoms with Crippen molar-refractivity contribution in [3.63, 3.8) is 0 Å². The number of ketones is 2. The number of benzene rings is 2. The van der Waals surface area contributed by atoms with Crippen LogP contribution in [0.2, 0.25) is 0 Å². The predicted molar refractivity (Wildman–Crippen MR) is 71.0 cm³/mol. The van der Waals surface area contributed by atoms with E-state index in [4.69, 9.17) is 10.5 Å². The topological polar surface area (TPSA) is 81.7 Å². The molecule has 1 aliphatic carbocycles. The fourth-order valence-electron chi connectivity index (χ4n) is 2.05. The van der Waals surface area contributed by atoms with Gasteiger partial charge in [0.15, 0.2) is 23.7 Å². The first-order chi connectivity index (χ1) is 9.70. The van der Waals surface area contributed by atoms with Gasteiger partial charge < -0.3 is 0 Å². The van der Waals surface area contributed by atoms with Gasteiger partial charge in [-0.15, -0.1) is 0 Å². The molecule has 3 rings (SSSR count). The quantitative estimate of drug-likeness (QED) is 0.621. The molecule has 0 atom stereocenters. The van der Waals surface area contributed by atoms with Crippen molar-refractivity contribution in [2.45, 2.75) is 0 Å². The molecule has 0 aliphatic heterocycles. The standard InChI is InChI=1S/C14H8O2.C2N2/c15-13-9-5-1-2-6-10(9)14(16)12-8-4-3-7-11(12)13;3-1-2-4/h1-8H;. The summed E-state index contributed by atoms with van der Waals surface area (Å²) in [7, 11) is 0. The molecule has 0 heterocycles. The largest absolute Gasteiger partial charge is 0.289 e. The molecule has 0 N–H and O–H groups in total. The van der Waals surface area contributed by atoms with Gasteiger partial charge in [0.05, 0.1) is 0 Å². The summed E-state index contributed by atoms with van der Waals surface area (Å²) >= 11 is 0. The van der Waals surface area contributed by atoms with Gasteiger partial charge in [-0.3, -0.25) is 9.59 Å². The van der Waals surface area contributed by atoms with Gasteiger partial charge in [-0.05, 0) is 0 Å². The number of carbonyl (C=O) groups excluding carboxylic acids is 2. The van der Waals surface area contributed by atoms with E-state index in [0.29, 0.717) is 22.3 Å². The first kappa shape index (κ1) is 13.2. The van der Waals surface area contributed by atoms with Gasteiger partial charge in [-0.1, -0.05) is 48.5 Å². The highest BCUT2D eigenvalue weighted by atomic mass is 16.1. The van der Waals surface area contributed by atoms with Gasteiger partial charge in [0.1, 0.15) is 0 Å². The molecular formula is C16H8N2O2. The summed E-state index contributed by atoms with van der Waals surface area (Å²) in [5.41, 5.74) is 2.02. The second-order valence-electron chi connectivity index (χ2n) is 3.97. The molecule has 1 aliphatic rings. The van der Waals surface area contributed by atoms with Crippen LogP contribution in [0, 0.1) is 22.7 Å². The molecule has 2 aromatic rings. The van der Waals surface area contributed by atoms with Crippen LogP contribution in [-0.2, 0) is 0 Å². The zero-order valence-corrected chi connectivity index (χ0v) is 10.3. The van der Waals surface area contributed by atoms with E-state index in [-0.39, 0.29) is 11.6 Å². The van der Waals surface area contributed by atoms with E-state index < -0.39 is 0 Å². The smallest absolute Gasteiger partial charge is 0.194 e. The van der Waals surface area contributed by atoms with E-state index >= 15 is 0 Å². The van der Waals surface area contributed by atoms with Crippen LogP contribution >= 0.6 is 0 Å². The van der Waals surface area contributed by atoms with Crippen molar-refractivity contribution in [1.82, 2.24) is 0 Å². The molecule has 0 amide bonds. The van der Waals surface area contributed by atoms with E-state index in [1.807, 2.05) is 0 Å². The number of rotatable bonds is 0. The highest BCUT2D eigenvalue weighted by Crippen LogP contribution is 2.26. The first-order valence-electron chi connectivity index (χ1n) is 5.76. The SMILES string of the molecule is N#CC#N.O=C1c2ccccc2C(=O)c2ccccc21. The van der Waals surface area contributed by atoms with Crippen LogP contribution < -0.4 is 0 Å². The molecule has 0 saturated heterocycles. The summed E-state index contributed by atoms with van der Waals surface area (Å²) in [6, 6.07) is 16.4. The van der Waals surface area contributed by atoms with Gasteiger partial charge >= 0.3 is 0 Å². The van der Waals surface area contributed by atoms with Crippen molar-refractivity contribution in [2.24, 2.45) is 0 Å². The summed E-state index contributed by atoms with van der Waals surface area (Å²) in [5, 5.41) is 14.5. The maximum atomic E-state index is 12.1. The number of nitrogens with zero attached hydrogens (tertiary/aromatic N) is 2. The zero-order chi connectivity index (χ0) is 14.5. The number of hydrogen-bond donors (Lipinski definition) is 0. The third kappa shape index (κ3) is 2.19. The highest BCUT2D eigenvalue weighted by Gasteiger charge is 2.28. The molecule has 0 spiro atoms. The van der Waals surface area contributed by atoms with Gasteiger partial charge in [-0.25, -0.2) is 0 Å². The van der Waals surface area contributed by atoms with E-state index in [1.165, 1.54) is 12.1 Å². The fraction of sp³-hybridized carbons (Fsp3) is 0. The molecule has 20 heavy (non-hydrogen) atoms. The van der Waals surface area contributed by atoms with Crippen molar-refractivity contribution in [3.8, 4) is 12.1 Å². The van der Waals surface area contributed by atoms with E-state index in [1.54, 1.807) is 48.5 Å². The molecule has 0 fully saturated rings. The Morgan fingerprint density at radius 1 is 0.600 bits per heavy atom. The average Bonchev–Trinajstić information content (AvgIpc) is 2.53. The minimum atomic E-state index is -0.0641. The molecular weight excluding hydrogens is 252 g/mol. The van der Waals surface area contributed by atoms with Gasteiger partial charge in [0, 0.05) is 22.3 Å². The number of nitriles is 2. The van der Waals surface area contributed by atoms with Crippen molar-refractivity contribution in [3.05, 3.63) is 70.8 Å². The highest BCUT2D eigenvalue weighted by molar-refractivity contribution is 6.28.